The molecule has 0 radical (unpaired) electrons. The number of halogens is 1. The first-order valence-corrected chi connectivity index (χ1v) is 8.37. The molecule has 1 N–H and O–H groups in total. The number of hydrogen-bond acceptors (Lipinski definition) is 3. The molecule has 5 nitrogen and oxygen atoms in total. The Balaban J connectivity index is 1.54. The summed E-state index contributed by atoms with van der Waals surface area (Å²) in [5.41, 5.74) is 2.94. The highest BCUT2D eigenvalue weighted by molar-refractivity contribution is 5.89. The van der Waals surface area contributed by atoms with Gasteiger partial charge in [0.05, 0.1) is 0 Å². The summed E-state index contributed by atoms with van der Waals surface area (Å²) >= 11 is 0. The standard InChI is InChI=1S/C19H23FN4O/c1-22(2)17-7-9-18(10-8-17)23-11-13-24(14-12-23)19(25)21-16-5-3-15(20)4-6-16/h3-10H,11-14H2,1-2H3,(H,21,25). The molecule has 132 valence electrons. The summed E-state index contributed by atoms with van der Waals surface area (Å²) in [7, 11) is 4.04. The number of piperazine rings is 1. The van der Waals surface area contributed by atoms with E-state index >= 15 is 0 Å². The zero-order chi connectivity index (χ0) is 17.8. The molecule has 0 aliphatic carbocycles. The highest BCUT2D eigenvalue weighted by Gasteiger charge is 2.21. The lowest BCUT2D eigenvalue weighted by atomic mass is 10.2. The van der Waals surface area contributed by atoms with Gasteiger partial charge in [-0.05, 0) is 48.5 Å². The predicted octanol–water partition coefficient (Wildman–Crippen LogP) is 3.25. The molecule has 2 aromatic carbocycles. The van der Waals surface area contributed by atoms with E-state index in [-0.39, 0.29) is 11.8 Å². The maximum Gasteiger partial charge on any atom is 0.321 e. The molecule has 0 aromatic heterocycles. The summed E-state index contributed by atoms with van der Waals surface area (Å²) in [6, 6.07) is 14.1. The van der Waals surface area contributed by atoms with E-state index in [0.717, 1.165) is 13.1 Å². The lowest BCUT2D eigenvalue weighted by Gasteiger charge is -2.36. The van der Waals surface area contributed by atoms with Gasteiger partial charge >= 0.3 is 6.03 Å². The first-order valence-electron chi connectivity index (χ1n) is 8.37. The van der Waals surface area contributed by atoms with Crippen molar-refractivity contribution in [3.05, 3.63) is 54.3 Å². The van der Waals surface area contributed by atoms with Gasteiger partial charge in [0.2, 0.25) is 0 Å². The average Bonchev–Trinajstić information content (AvgIpc) is 2.64. The number of anilines is 3. The van der Waals surface area contributed by atoms with Crippen molar-refractivity contribution in [1.82, 2.24) is 4.90 Å². The van der Waals surface area contributed by atoms with Gasteiger partial charge in [-0.2, -0.15) is 0 Å². The van der Waals surface area contributed by atoms with Gasteiger partial charge in [-0.3, -0.25) is 0 Å². The average molecular weight is 342 g/mol. The lowest BCUT2D eigenvalue weighted by Crippen LogP contribution is -2.50. The number of nitrogens with one attached hydrogen (secondary N) is 1. The highest BCUT2D eigenvalue weighted by atomic mass is 19.1. The van der Waals surface area contributed by atoms with Crippen LogP contribution >= 0.6 is 0 Å². The van der Waals surface area contributed by atoms with Crippen molar-refractivity contribution in [2.24, 2.45) is 0 Å². The summed E-state index contributed by atoms with van der Waals surface area (Å²) in [5, 5.41) is 2.81. The van der Waals surface area contributed by atoms with Crippen LogP contribution in [-0.4, -0.2) is 51.2 Å². The Bertz CT molecular complexity index is 707. The molecule has 0 unspecified atom stereocenters. The summed E-state index contributed by atoms with van der Waals surface area (Å²) in [6.07, 6.45) is 0. The van der Waals surface area contributed by atoms with Crippen LogP contribution in [-0.2, 0) is 0 Å². The molecule has 1 saturated heterocycles. The Morgan fingerprint density at radius 2 is 1.56 bits per heavy atom. The Morgan fingerprint density at radius 1 is 0.960 bits per heavy atom. The molecular formula is C19H23FN4O. The second kappa shape index (κ2) is 7.42. The Kier molecular flexibility index (Phi) is 5.07. The zero-order valence-corrected chi connectivity index (χ0v) is 14.6. The van der Waals surface area contributed by atoms with Crippen molar-refractivity contribution in [3.8, 4) is 0 Å². The fourth-order valence-corrected chi connectivity index (χ4v) is 2.87. The molecule has 1 aliphatic heterocycles. The van der Waals surface area contributed by atoms with Crippen LogP contribution in [0.25, 0.3) is 0 Å². The summed E-state index contributed by atoms with van der Waals surface area (Å²) in [4.78, 5) is 18.4. The van der Waals surface area contributed by atoms with Gasteiger partial charge in [0.15, 0.2) is 0 Å². The molecule has 0 atom stereocenters. The van der Waals surface area contributed by atoms with Gasteiger partial charge < -0.3 is 20.0 Å². The second-order valence-corrected chi connectivity index (χ2v) is 6.32. The first-order chi connectivity index (χ1) is 12.0. The Labute approximate surface area is 147 Å². The zero-order valence-electron chi connectivity index (χ0n) is 14.6. The van der Waals surface area contributed by atoms with E-state index in [1.807, 2.05) is 14.1 Å². The van der Waals surface area contributed by atoms with Crippen LogP contribution in [0.1, 0.15) is 0 Å². The fraction of sp³-hybridized carbons (Fsp3) is 0.316. The smallest absolute Gasteiger partial charge is 0.321 e. The minimum absolute atomic E-state index is 0.144. The number of amides is 2. The van der Waals surface area contributed by atoms with Gasteiger partial charge in [-0.15, -0.1) is 0 Å². The van der Waals surface area contributed by atoms with Gasteiger partial charge in [0.1, 0.15) is 5.82 Å². The number of benzene rings is 2. The number of hydrogen-bond donors (Lipinski definition) is 1. The number of carbonyl (C=O) groups is 1. The van der Waals surface area contributed by atoms with Gasteiger partial charge in [0, 0.05) is 57.3 Å². The largest absolute Gasteiger partial charge is 0.378 e. The minimum atomic E-state index is -0.313. The van der Waals surface area contributed by atoms with Crippen LogP contribution in [0, 0.1) is 5.82 Å². The van der Waals surface area contributed by atoms with Crippen molar-refractivity contribution in [1.29, 1.82) is 0 Å². The van der Waals surface area contributed by atoms with Gasteiger partial charge in [-0.1, -0.05) is 0 Å². The van der Waals surface area contributed by atoms with Crippen LogP contribution in [0.2, 0.25) is 0 Å². The topological polar surface area (TPSA) is 38.8 Å². The summed E-state index contributed by atoms with van der Waals surface area (Å²) in [5.74, 6) is -0.313. The van der Waals surface area contributed by atoms with E-state index in [9.17, 15) is 9.18 Å². The molecule has 2 amide bonds. The molecule has 1 fully saturated rings. The molecule has 6 heteroatoms. The van der Waals surface area contributed by atoms with Crippen LogP contribution in [0.4, 0.5) is 26.2 Å². The van der Waals surface area contributed by atoms with Crippen molar-refractivity contribution in [3.63, 3.8) is 0 Å². The summed E-state index contributed by atoms with van der Waals surface area (Å²) in [6.45, 7) is 2.89. The van der Waals surface area contributed by atoms with Crippen LogP contribution in [0.3, 0.4) is 0 Å². The quantitative estimate of drug-likeness (QED) is 0.931. The van der Waals surface area contributed by atoms with E-state index in [1.165, 1.54) is 23.5 Å². The molecule has 2 aromatic rings. The monoisotopic (exact) mass is 342 g/mol. The van der Waals surface area contributed by atoms with Crippen LogP contribution < -0.4 is 15.1 Å². The van der Waals surface area contributed by atoms with Gasteiger partial charge in [0.25, 0.3) is 0 Å². The van der Waals surface area contributed by atoms with E-state index in [0.29, 0.717) is 18.8 Å². The Morgan fingerprint density at radius 3 is 2.12 bits per heavy atom. The third-order valence-electron chi connectivity index (χ3n) is 4.39. The molecule has 0 bridgehead atoms. The minimum Gasteiger partial charge on any atom is -0.378 e. The normalized spacial score (nSPS) is 14.4. The molecule has 3 rings (SSSR count). The second-order valence-electron chi connectivity index (χ2n) is 6.32. The third-order valence-corrected chi connectivity index (χ3v) is 4.39. The van der Waals surface area contributed by atoms with Crippen molar-refractivity contribution in [2.45, 2.75) is 0 Å². The number of carbonyl (C=O) groups excluding carboxylic acids is 1. The number of nitrogens with zero attached hydrogens (tertiary/aromatic N) is 3. The molecule has 0 spiro atoms. The molecule has 1 aliphatic rings. The number of rotatable bonds is 3. The molecular weight excluding hydrogens is 319 g/mol. The maximum absolute atomic E-state index is 12.9. The fourth-order valence-electron chi connectivity index (χ4n) is 2.87. The number of urea groups is 1. The maximum atomic E-state index is 12.9. The van der Waals surface area contributed by atoms with E-state index < -0.39 is 0 Å². The molecule has 25 heavy (non-hydrogen) atoms. The predicted molar refractivity (Wildman–Crippen MR) is 100.0 cm³/mol. The van der Waals surface area contributed by atoms with E-state index in [4.69, 9.17) is 0 Å². The first kappa shape index (κ1) is 17.1. The lowest BCUT2D eigenvalue weighted by molar-refractivity contribution is 0.208. The SMILES string of the molecule is CN(C)c1ccc(N2CCN(C(=O)Nc3ccc(F)cc3)CC2)cc1. The Hall–Kier alpha value is -2.76. The van der Waals surface area contributed by atoms with Crippen LogP contribution in [0.5, 0.6) is 0 Å². The van der Waals surface area contributed by atoms with E-state index in [2.05, 4.69) is 39.4 Å². The summed E-state index contributed by atoms with van der Waals surface area (Å²) < 4.78 is 12.9. The van der Waals surface area contributed by atoms with Crippen molar-refractivity contribution >= 4 is 23.1 Å². The van der Waals surface area contributed by atoms with Crippen molar-refractivity contribution in [2.75, 3.05) is 55.4 Å². The highest BCUT2D eigenvalue weighted by Crippen LogP contribution is 2.21. The van der Waals surface area contributed by atoms with Crippen molar-refractivity contribution < 1.29 is 9.18 Å². The third kappa shape index (κ3) is 4.21. The molecule has 1 heterocycles. The van der Waals surface area contributed by atoms with E-state index in [1.54, 1.807) is 17.0 Å². The molecule has 0 saturated carbocycles. The van der Waals surface area contributed by atoms with Crippen LogP contribution in [0.15, 0.2) is 48.5 Å². The van der Waals surface area contributed by atoms with Gasteiger partial charge in [-0.25, -0.2) is 9.18 Å².